The maximum Gasteiger partial charge on any atom is 0.295 e. The molecular weight excluding hydrogens is 494 g/mol. The molecule has 0 aliphatic carbocycles. The fourth-order valence-corrected chi connectivity index (χ4v) is 4.48. The van der Waals surface area contributed by atoms with E-state index in [0.717, 1.165) is 5.56 Å². The molecule has 3 aromatic rings. The Bertz CT molecular complexity index is 1330. The number of nitrogens with zero attached hydrogens (tertiary/aromatic N) is 1. The van der Waals surface area contributed by atoms with E-state index in [2.05, 4.69) is 0 Å². The number of likely N-dealkylation sites (tertiary alicyclic amines) is 1. The van der Waals surface area contributed by atoms with Crippen LogP contribution < -0.4 is 14.2 Å². The van der Waals surface area contributed by atoms with Crippen LogP contribution in [0.25, 0.3) is 5.76 Å². The van der Waals surface area contributed by atoms with Crippen LogP contribution in [0.3, 0.4) is 0 Å². The monoisotopic (exact) mass is 521 g/mol. The van der Waals surface area contributed by atoms with Crippen molar-refractivity contribution in [1.82, 2.24) is 4.90 Å². The number of Topliss-reactive ketones (excluding diaryl/α,β-unsaturated/α-hetero) is 1. The predicted molar refractivity (Wildman–Crippen MR) is 141 cm³/mol. The molecule has 192 valence electrons. The van der Waals surface area contributed by atoms with Gasteiger partial charge in [0.15, 0.2) is 0 Å². The minimum absolute atomic E-state index is 0.00792. The Hall–Kier alpha value is -3.97. The van der Waals surface area contributed by atoms with E-state index >= 15 is 0 Å². The summed E-state index contributed by atoms with van der Waals surface area (Å²) in [7, 11) is 3.03. The summed E-state index contributed by atoms with van der Waals surface area (Å²) in [6, 6.07) is 18.3. The SMILES string of the molecule is COc1ccc(CN2C(=O)C(=O)/C(=C(\O)c3ccc(Cl)c(OC)c3)C2c2ccc(OC(C)C)cc2)cc1. The van der Waals surface area contributed by atoms with Crippen LogP contribution in [0.2, 0.25) is 5.02 Å². The van der Waals surface area contributed by atoms with Gasteiger partial charge in [-0.1, -0.05) is 35.9 Å². The number of hydrogen-bond donors (Lipinski definition) is 1. The smallest absolute Gasteiger partial charge is 0.295 e. The zero-order chi connectivity index (χ0) is 26.7. The molecule has 0 spiro atoms. The van der Waals surface area contributed by atoms with Gasteiger partial charge >= 0.3 is 0 Å². The number of aliphatic hydroxyl groups is 1. The Kier molecular flexibility index (Phi) is 7.74. The van der Waals surface area contributed by atoms with E-state index < -0.39 is 17.7 Å². The molecule has 37 heavy (non-hydrogen) atoms. The average molecular weight is 522 g/mol. The number of ketones is 1. The van der Waals surface area contributed by atoms with Gasteiger partial charge in [0.1, 0.15) is 23.0 Å². The van der Waals surface area contributed by atoms with E-state index in [9.17, 15) is 14.7 Å². The number of amides is 1. The van der Waals surface area contributed by atoms with Gasteiger partial charge < -0.3 is 24.2 Å². The minimum atomic E-state index is -0.822. The van der Waals surface area contributed by atoms with E-state index in [0.29, 0.717) is 33.4 Å². The van der Waals surface area contributed by atoms with Gasteiger partial charge in [0.05, 0.1) is 37.0 Å². The van der Waals surface area contributed by atoms with Crippen molar-refractivity contribution in [3.63, 3.8) is 0 Å². The lowest BCUT2D eigenvalue weighted by atomic mass is 9.95. The highest BCUT2D eigenvalue weighted by atomic mass is 35.5. The molecule has 1 atom stereocenters. The first-order chi connectivity index (χ1) is 17.7. The van der Waals surface area contributed by atoms with Gasteiger partial charge in [0, 0.05) is 12.1 Å². The molecule has 8 heteroatoms. The molecule has 0 saturated carbocycles. The van der Waals surface area contributed by atoms with Crippen LogP contribution in [-0.4, -0.2) is 42.0 Å². The number of rotatable bonds is 8. The van der Waals surface area contributed by atoms with Crippen molar-refractivity contribution in [2.45, 2.75) is 32.5 Å². The zero-order valence-electron chi connectivity index (χ0n) is 21.0. The number of carbonyl (C=O) groups excluding carboxylic acids is 2. The molecule has 0 aromatic heterocycles. The van der Waals surface area contributed by atoms with Crippen molar-refractivity contribution in [3.05, 3.63) is 94.0 Å². The summed E-state index contributed by atoms with van der Waals surface area (Å²) in [5.74, 6) is -0.103. The highest BCUT2D eigenvalue weighted by molar-refractivity contribution is 6.46. The fourth-order valence-electron chi connectivity index (χ4n) is 4.28. The van der Waals surface area contributed by atoms with Gasteiger partial charge in [-0.15, -0.1) is 0 Å². The number of hydrogen-bond acceptors (Lipinski definition) is 6. The van der Waals surface area contributed by atoms with Crippen molar-refractivity contribution in [2.75, 3.05) is 14.2 Å². The molecule has 1 unspecified atom stereocenters. The molecule has 0 bridgehead atoms. The summed E-state index contributed by atoms with van der Waals surface area (Å²) >= 11 is 6.15. The Morgan fingerprint density at radius 2 is 1.59 bits per heavy atom. The van der Waals surface area contributed by atoms with E-state index in [1.54, 1.807) is 55.6 Å². The second-order valence-corrected chi connectivity index (χ2v) is 9.27. The lowest BCUT2D eigenvalue weighted by Crippen LogP contribution is -2.29. The van der Waals surface area contributed by atoms with Gasteiger partial charge in [0.2, 0.25) is 0 Å². The van der Waals surface area contributed by atoms with Crippen LogP contribution in [-0.2, 0) is 16.1 Å². The molecule has 1 heterocycles. The lowest BCUT2D eigenvalue weighted by Gasteiger charge is -2.26. The van der Waals surface area contributed by atoms with Crippen molar-refractivity contribution < 1.29 is 28.9 Å². The second-order valence-electron chi connectivity index (χ2n) is 8.86. The van der Waals surface area contributed by atoms with Crippen LogP contribution in [0.4, 0.5) is 0 Å². The van der Waals surface area contributed by atoms with Crippen LogP contribution >= 0.6 is 11.6 Å². The Balaban J connectivity index is 1.82. The highest BCUT2D eigenvalue weighted by Gasteiger charge is 2.46. The van der Waals surface area contributed by atoms with Gasteiger partial charge in [0.25, 0.3) is 11.7 Å². The number of methoxy groups -OCH3 is 2. The summed E-state index contributed by atoms with van der Waals surface area (Å²) in [5, 5.41) is 11.7. The molecule has 3 aromatic carbocycles. The molecule has 1 N–H and O–H groups in total. The molecule has 1 amide bonds. The van der Waals surface area contributed by atoms with E-state index in [4.69, 9.17) is 25.8 Å². The second kappa shape index (κ2) is 11.0. The summed E-state index contributed by atoms with van der Waals surface area (Å²) in [6.45, 7) is 4.01. The summed E-state index contributed by atoms with van der Waals surface area (Å²) in [4.78, 5) is 28.1. The van der Waals surface area contributed by atoms with Gasteiger partial charge in [-0.2, -0.15) is 0 Å². The molecule has 1 aliphatic heterocycles. The lowest BCUT2D eigenvalue weighted by molar-refractivity contribution is -0.140. The van der Waals surface area contributed by atoms with Crippen LogP contribution in [0.1, 0.15) is 36.6 Å². The first-order valence-corrected chi connectivity index (χ1v) is 12.1. The van der Waals surface area contributed by atoms with Crippen LogP contribution in [0, 0.1) is 0 Å². The van der Waals surface area contributed by atoms with Crippen LogP contribution in [0.5, 0.6) is 17.2 Å². The third-order valence-electron chi connectivity index (χ3n) is 6.04. The maximum absolute atomic E-state index is 13.3. The Morgan fingerprint density at radius 1 is 0.946 bits per heavy atom. The Morgan fingerprint density at radius 3 is 2.19 bits per heavy atom. The van der Waals surface area contributed by atoms with E-state index in [-0.39, 0.29) is 24.0 Å². The Labute approximate surface area is 220 Å². The van der Waals surface area contributed by atoms with Gasteiger partial charge in [-0.25, -0.2) is 0 Å². The molecule has 7 nitrogen and oxygen atoms in total. The predicted octanol–water partition coefficient (Wildman–Crippen LogP) is 5.77. The van der Waals surface area contributed by atoms with Crippen LogP contribution in [0.15, 0.2) is 72.3 Å². The van der Waals surface area contributed by atoms with Crippen molar-refractivity contribution >= 4 is 29.1 Å². The maximum atomic E-state index is 13.3. The third-order valence-corrected chi connectivity index (χ3v) is 6.36. The number of halogens is 1. The molecule has 1 fully saturated rings. The zero-order valence-corrected chi connectivity index (χ0v) is 21.8. The quantitative estimate of drug-likeness (QED) is 0.230. The van der Waals surface area contributed by atoms with Crippen molar-refractivity contribution in [1.29, 1.82) is 0 Å². The molecular formula is C29H28ClNO6. The van der Waals surface area contributed by atoms with E-state index in [1.165, 1.54) is 18.1 Å². The van der Waals surface area contributed by atoms with Gasteiger partial charge in [-0.3, -0.25) is 9.59 Å². The highest BCUT2D eigenvalue weighted by Crippen LogP contribution is 2.41. The van der Waals surface area contributed by atoms with E-state index in [1.807, 2.05) is 26.0 Å². The van der Waals surface area contributed by atoms with Crippen molar-refractivity contribution in [3.8, 4) is 17.2 Å². The largest absolute Gasteiger partial charge is 0.507 e. The minimum Gasteiger partial charge on any atom is -0.507 e. The molecule has 0 radical (unpaired) electrons. The molecule has 1 saturated heterocycles. The number of carbonyl (C=O) groups is 2. The number of ether oxygens (including phenoxy) is 3. The van der Waals surface area contributed by atoms with Crippen molar-refractivity contribution in [2.24, 2.45) is 0 Å². The molecule has 4 rings (SSSR count). The normalized spacial score (nSPS) is 16.8. The summed E-state index contributed by atoms with van der Waals surface area (Å²) in [5.41, 5.74) is 1.76. The summed E-state index contributed by atoms with van der Waals surface area (Å²) < 4.78 is 16.2. The topological polar surface area (TPSA) is 85.3 Å². The first-order valence-electron chi connectivity index (χ1n) is 11.7. The first kappa shape index (κ1) is 26.1. The average Bonchev–Trinajstić information content (AvgIpc) is 3.14. The fraction of sp³-hybridized carbons (Fsp3) is 0.241. The standard InChI is InChI=1S/C29H28ClNO6/c1-17(2)37-22-12-7-19(8-13-22)26-25(27(32)20-9-14-23(30)24(15-20)36-4)28(33)29(34)31(26)16-18-5-10-21(35-3)11-6-18/h5-15,17,26,32H,16H2,1-4H3/b27-25-. The third kappa shape index (κ3) is 5.42. The van der Waals surface area contributed by atoms with Gasteiger partial charge in [-0.05, 0) is 67.4 Å². The number of benzene rings is 3. The number of aliphatic hydroxyl groups excluding tert-OH is 1. The molecule has 1 aliphatic rings. The summed E-state index contributed by atoms with van der Waals surface area (Å²) in [6.07, 6.45) is -0.00792.